The molecule has 0 aliphatic carbocycles. The zero-order valence-electron chi connectivity index (χ0n) is 10.6. The van der Waals surface area contributed by atoms with E-state index in [9.17, 15) is 4.79 Å². The summed E-state index contributed by atoms with van der Waals surface area (Å²) in [5, 5.41) is 25.1. The summed E-state index contributed by atoms with van der Waals surface area (Å²) in [6, 6.07) is 14.5. The Morgan fingerprint density at radius 2 is 1.95 bits per heavy atom. The molecule has 0 amide bonds. The molecule has 1 heterocycles. The standard InChI is InChI=1S/C14H12N4O2/c15-9-4-10-18(11-5-2-1-3-6-11)13-8-7-12(14(19)20)16-17-13/h1-3,5-8H,4,10H2,(H,19,20). The monoisotopic (exact) mass is 268 g/mol. The van der Waals surface area contributed by atoms with Crippen LogP contribution in [0.5, 0.6) is 0 Å². The van der Waals surface area contributed by atoms with Gasteiger partial charge < -0.3 is 10.0 Å². The van der Waals surface area contributed by atoms with Gasteiger partial charge in [-0.05, 0) is 24.3 Å². The number of hydrogen-bond acceptors (Lipinski definition) is 5. The van der Waals surface area contributed by atoms with Gasteiger partial charge in [-0.3, -0.25) is 0 Å². The topological polar surface area (TPSA) is 90.1 Å². The Morgan fingerprint density at radius 1 is 1.20 bits per heavy atom. The molecule has 0 radical (unpaired) electrons. The summed E-state index contributed by atoms with van der Waals surface area (Å²) in [7, 11) is 0. The molecule has 0 spiro atoms. The molecule has 0 atom stereocenters. The van der Waals surface area contributed by atoms with E-state index in [2.05, 4.69) is 16.3 Å². The Balaban J connectivity index is 2.31. The van der Waals surface area contributed by atoms with Gasteiger partial charge in [-0.25, -0.2) is 4.79 Å². The number of para-hydroxylation sites is 1. The lowest BCUT2D eigenvalue weighted by Crippen LogP contribution is -2.20. The molecule has 1 aromatic heterocycles. The van der Waals surface area contributed by atoms with Gasteiger partial charge in [-0.1, -0.05) is 18.2 Å². The average molecular weight is 268 g/mol. The van der Waals surface area contributed by atoms with Crippen LogP contribution >= 0.6 is 0 Å². The van der Waals surface area contributed by atoms with Gasteiger partial charge in [-0.15, -0.1) is 10.2 Å². The Hall–Kier alpha value is -2.94. The van der Waals surface area contributed by atoms with Crippen molar-refractivity contribution in [2.75, 3.05) is 11.4 Å². The molecule has 0 unspecified atom stereocenters. The maximum atomic E-state index is 10.8. The second-order valence-electron chi connectivity index (χ2n) is 3.98. The van der Waals surface area contributed by atoms with Crippen molar-refractivity contribution in [3.63, 3.8) is 0 Å². The predicted molar refractivity (Wildman–Crippen MR) is 72.7 cm³/mol. The molecule has 0 aliphatic rings. The number of nitrogens with zero attached hydrogens (tertiary/aromatic N) is 4. The molecular weight excluding hydrogens is 256 g/mol. The zero-order chi connectivity index (χ0) is 14.4. The van der Waals surface area contributed by atoms with Gasteiger partial charge in [0.2, 0.25) is 0 Å². The lowest BCUT2D eigenvalue weighted by Gasteiger charge is -2.22. The Kier molecular flexibility index (Phi) is 4.24. The highest BCUT2D eigenvalue weighted by atomic mass is 16.4. The molecule has 1 aromatic carbocycles. The molecule has 0 bridgehead atoms. The highest BCUT2D eigenvalue weighted by Gasteiger charge is 2.12. The van der Waals surface area contributed by atoms with Gasteiger partial charge in [0.25, 0.3) is 0 Å². The summed E-state index contributed by atoms with van der Waals surface area (Å²) in [5.74, 6) is -0.608. The number of rotatable bonds is 5. The minimum atomic E-state index is -1.12. The number of carboxylic acid groups (broad SMARTS) is 1. The third-order valence-electron chi connectivity index (χ3n) is 2.66. The Bertz CT molecular complexity index is 620. The van der Waals surface area contributed by atoms with Crippen molar-refractivity contribution in [1.29, 1.82) is 5.26 Å². The van der Waals surface area contributed by atoms with E-state index in [0.717, 1.165) is 5.69 Å². The number of hydrogen-bond donors (Lipinski definition) is 1. The van der Waals surface area contributed by atoms with Crippen molar-refractivity contribution in [1.82, 2.24) is 10.2 Å². The fraction of sp³-hybridized carbons (Fsp3) is 0.143. The number of benzene rings is 1. The van der Waals surface area contributed by atoms with Crippen LogP contribution < -0.4 is 4.90 Å². The summed E-state index contributed by atoms with van der Waals surface area (Å²) in [4.78, 5) is 12.6. The first kappa shape index (κ1) is 13.5. The maximum absolute atomic E-state index is 10.8. The molecule has 0 aliphatic heterocycles. The van der Waals surface area contributed by atoms with Crippen molar-refractivity contribution >= 4 is 17.5 Å². The number of carboxylic acids is 1. The van der Waals surface area contributed by atoms with Gasteiger partial charge in [0.1, 0.15) is 0 Å². The van der Waals surface area contributed by atoms with E-state index in [1.807, 2.05) is 35.2 Å². The van der Waals surface area contributed by atoms with E-state index in [0.29, 0.717) is 18.8 Å². The Morgan fingerprint density at radius 3 is 2.50 bits per heavy atom. The van der Waals surface area contributed by atoms with Gasteiger partial charge in [0.15, 0.2) is 11.5 Å². The van der Waals surface area contributed by atoms with Crippen LogP contribution in [0.15, 0.2) is 42.5 Å². The smallest absolute Gasteiger partial charge is 0.356 e. The summed E-state index contributed by atoms with van der Waals surface area (Å²) < 4.78 is 0. The molecular formula is C14H12N4O2. The number of aromatic carboxylic acids is 1. The van der Waals surface area contributed by atoms with Crippen LogP contribution in [0.2, 0.25) is 0 Å². The van der Waals surface area contributed by atoms with Crippen molar-refractivity contribution in [2.24, 2.45) is 0 Å². The van der Waals surface area contributed by atoms with Crippen LogP contribution in [0.25, 0.3) is 0 Å². The molecule has 100 valence electrons. The van der Waals surface area contributed by atoms with Crippen LogP contribution in [0, 0.1) is 11.3 Å². The minimum absolute atomic E-state index is 0.109. The summed E-state index contributed by atoms with van der Waals surface area (Å²) in [5.41, 5.74) is 0.766. The van der Waals surface area contributed by atoms with Crippen molar-refractivity contribution in [3.8, 4) is 6.07 Å². The molecule has 6 heteroatoms. The van der Waals surface area contributed by atoms with Crippen LogP contribution in [-0.4, -0.2) is 27.8 Å². The SMILES string of the molecule is N#CCCN(c1ccccc1)c1ccc(C(=O)O)nn1. The quantitative estimate of drug-likeness (QED) is 0.894. The molecule has 2 aromatic rings. The van der Waals surface area contributed by atoms with E-state index >= 15 is 0 Å². The second-order valence-corrected chi connectivity index (χ2v) is 3.98. The number of carbonyl (C=O) groups is 1. The van der Waals surface area contributed by atoms with E-state index in [1.54, 1.807) is 6.07 Å². The number of anilines is 2. The molecule has 0 saturated carbocycles. The average Bonchev–Trinajstić information content (AvgIpc) is 2.49. The molecule has 1 N–H and O–H groups in total. The Labute approximate surface area is 115 Å². The highest BCUT2D eigenvalue weighted by Crippen LogP contribution is 2.22. The fourth-order valence-corrected chi connectivity index (χ4v) is 1.73. The first-order valence-corrected chi connectivity index (χ1v) is 5.99. The molecule has 6 nitrogen and oxygen atoms in total. The van der Waals surface area contributed by atoms with Crippen molar-refractivity contribution in [2.45, 2.75) is 6.42 Å². The summed E-state index contributed by atoms with van der Waals surface area (Å²) in [6.45, 7) is 0.460. The van der Waals surface area contributed by atoms with Gasteiger partial charge >= 0.3 is 5.97 Å². The van der Waals surface area contributed by atoms with Crippen molar-refractivity contribution in [3.05, 3.63) is 48.2 Å². The van der Waals surface area contributed by atoms with Crippen LogP contribution in [-0.2, 0) is 0 Å². The third kappa shape index (κ3) is 3.09. The number of nitriles is 1. The van der Waals surface area contributed by atoms with Crippen LogP contribution in [0.4, 0.5) is 11.5 Å². The second kappa shape index (κ2) is 6.29. The lowest BCUT2D eigenvalue weighted by molar-refractivity contribution is 0.0689. The molecule has 2 rings (SSSR count). The molecule has 0 saturated heterocycles. The largest absolute Gasteiger partial charge is 0.476 e. The van der Waals surface area contributed by atoms with Crippen LogP contribution in [0.1, 0.15) is 16.9 Å². The van der Waals surface area contributed by atoms with Crippen molar-refractivity contribution < 1.29 is 9.90 Å². The minimum Gasteiger partial charge on any atom is -0.476 e. The summed E-state index contributed by atoms with van der Waals surface area (Å²) in [6.07, 6.45) is 0.331. The normalized spacial score (nSPS) is 9.75. The molecule has 0 fully saturated rings. The van der Waals surface area contributed by atoms with E-state index in [-0.39, 0.29) is 5.69 Å². The van der Waals surface area contributed by atoms with Gasteiger partial charge in [0, 0.05) is 12.2 Å². The van der Waals surface area contributed by atoms with Gasteiger partial charge in [-0.2, -0.15) is 5.26 Å². The maximum Gasteiger partial charge on any atom is 0.356 e. The highest BCUT2D eigenvalue weighted by molar-refractivity contribution is 5.85. The number of aromatic nitrogens is 2. The first-order chi connectivity index (χ1) is 9.72. The fourth-order valence-electron chi connectivity index (χ4n) is 1.73. The zero-order valence-corrected chi connectivity index (χ0v) is 10.6. The molecule has 20 heavy (non-hydrogen) atoms. The summed E-state index contributed by atoms with van der Waals surface area (Å²) >= 11 is 0. The van der Waals surface area contributed by atoms with E-state index in [4.69, 9.17) is 10.4 Å². The van der Waals surface area contributed by atoms with Crippen LogP contribution in [0.3, 0.4) is 0 Å². The first-order valence-electron chi connectivity index (χ1n) is 5.99. The lowest BCUT2D eigenvalue weighted by atomic mass is 10.2. The van der Waals surface area contributed by atoms with E-state index < -0.39 is 5.97 Å². The third-order valence-corrected chi connectivity index (χ3v) is 2.66. The van der Waals surface area contributed by atoms with E-state index in [1.165, 1.54) is 6.07 Å². The van der Waals surface area contributed by atoms with Gasteiger partial charge in [0.05, 0.1) is 12.5 Å². The predicted octanol–water partition coefficient (Wildman–Crippen LogP) is 2.23.